The van der Waals surface area contributed by atoms with Gasteiger partial charge >= 0.3 is 0 Å². The molecule has 0 nitrogen and oxygen atoms in total. The van der Waals surface area contributed by atoms with E-state index in [0.29, 0.717) is 0 Å². The molecule has 0 rings (SSSR count). The second-order valence-corrected chi connectivity index (χ2v) is 2.54. The Bertz CT molecular complexity index is 27.3. The van der Waals surface area contributed by atoms with Gasteiger partial charge < -0.3 is 0 Å². The fourth-order valence-electron chi connectivity index (χ4n) is 0.521. The number of hydrogen-bond donors (Lipinski definition) is 0. The monoisotopic (exact) mass is 162 g/mol. The van der Waals surface area contributed by atoms with Crippen molar-refractivity contribution in [2.24, 2.45) is 0 Å². The minimum atomic E-state index is 1.17. The summed E-state index contributed by atoms with van der Waals surface area (Å²) in [6.07, 6.45) is 5.47. The van der Waals surface area contributed by atoms with Crippen LogP contribution in [0.15, 0.2) is 0 Å². The van der Waals surface area contributed by atoms with Gasteiger partial charge in [-0.3, -0.25) is 0 Å². The van der Waals surface area contributed by atoms with Gasteiger partial charge in [-0.25, -0.2) is 0 Å². The van der Waals surface area contributed by atoms with Gasteiger partial charge in [-0.15, -0.1) is 0 Å². The summed E-state index contributed by atoms with van der Waals surface area (Å²) >= 11 is 3.38. The molecular weight excluding hydrogens is 151 g/mol. The van der Waals surface area contributed by atoms with Crippen molar-refractivity contribution in [2.45, 2.75) is 25.6 Å². The maximum Gasteiger partial charge on any atom is 0.101 e. The molecule has 0 aromatic heterocycles. The second kappa shape index (κ2) is 6.54. The molecule has 0 aromatic carbocycles. The number of hydrogen-bond acceptors (Lipinski definition) is 0. The van der Waals surface area contributed by atoms with E-state index < -0.39 is 0 Å². The molecule has 0 unspecified atom stereocenters. The van der Waals surface area contributed by atoms with Crippen molar-refractivity contribution in [2.75, 3.05) is 5.33 Å². The van der Waals surface area contributed by atoms with Crippen LogP contribution in [-0.4, -0.2) is 13.2 Å². The van der Waals surface area contributed by atoms with Crippen LogP contribution in [0.25, 0.3) is 0 Å². The summed E-state index contributed by atoms with van der Waals surface area (Å²) in [6, 6.07) is 0. The van der Waals surface area contributed by atoms with Crippen LogP contribution in [0.4, 0.5) is 0 Å². The van der Waals surface area contributed by atoms with Crippen molar-refractivity contribution in [3.63, 3.8) is 0 Å². The minimum absolute atomic E-state index is 1.17. The molecule has 0 heterocycles. The molecule has 0 saturated heterocycles. The lowest BCUT2D eigenvalue weighted by molar-refractivity contribution is 0.781. The van der Waals surface area contributed by atoms with Crippen molar-refractivity contribution < 1.29 is 0 Å². The summed E-state index contributed by atoms with van der Waals surface area (Å²) in [5, 5.41) is 1.17. The first kappa shape index (κ1) is 7.54. The smallest absolute Gasteiger partial charge is 0.0928 e. The van der Waals surface area contributed by atoms with Gasteiger partial charge in [-0.05, 0) is 6.42 Å². The molecule has 0 amide bonds. The molecule has 0 fully saturated rings. The molecule has 0 saturated carbocycles. The van der Waals surface area contributed by atoms with E-state index in [-0.39, 0.29) is 0 Å². The third-order valence-corrected chi connectivity index (χ3v) is 1.55. The molecule has 0 radical (unpaired) electrons. The average molecular weight is 163 g/mol. The highest BCUT2D eigenvalue weighted by Gasteiger charge is 1.81. The van der Waals surface area contributed by atoms with Gasteiger partial charge in [-0.2, -0.15) is 0 Å². The highest BCUT2D eigenvalue weighted by atomic mass is 79.9. The van der Waals surface area contributed by atoms with Gasteiger partial charge in [0.25, 0.3) is 0 Å². The zero-order valence-electron chi connectivity index (χ0n) is 4.91. The molecule has 0 N–H and O–H groups in total. The maximum absolute atomic E-state index is 3.38. The highest BCUT2D eigenvalue weighted by Crippen LogP contribution is 1.99. The van der Waals surface area contributed by atoms with E-state index in [2.05, 4.69) is 23.8 Å². The van der Waals surface area contributed by atoms with Gasteiger partial charge in [0.1, 0.15) is 7.85 Å². The maximum atomic E-state index is 3.38. The van der Waals surface area contributed by atoms with Crippen LogP contribution in [-0.2, 0) is 0 Å². The Morgan fingerprint density at radius 1 is 1.14 bits per heavy atom. The number of rotatable bonds is 4. The lowest BCUT2D eigenvalue weighted by Gasteiger charge is -1.89. The van der Waals surface area contributed by atoms with E-state index in [0.717, 1.165) is 0 Å². The predicted octanol–water partition coefficient (Wildman–Crippen LogP) is 1.60. The van der Waals surface area contributed by atoms with Crippen molar-refractivity contribution in [1.82, 2.24) is 0 Å². The fraction of sp³-hybridized carbons (Fsp3) is 1.00. The molecular formula is C5H12BBr. The molecule has 0 bridgehead atoms. The standard InChI is InChI=1S/C5H12BBr/c6-4-2-1-3-5-7/h1-6H2. The van der Waals surface area contributed by atoms with Crippen molar-refractivity contribution in [3.8, 4) is 0 Å². The molecule has 2 heteroatoms. The molecule has 7 heavy (non-hydrogen) atoms. The first-order valence-corrected chi connectivity index (χ1v) is 4.10. The SMILES string of the molecule is BCCCCCBr. The van der Waals surface area contributed by atoms with Gasteiger partial charge in [0.05, 0.1) is 0 Å². The topological polar surface area (TPSA) is 0 Å². The van der Waals surface area contributed by atoms with Crippen LogP contribution < -0.4 is 0 Å². The van der Waals surface area contributed by atoms with E-state index in [9.17, 15) is 0 Å². The molecule has 0 aromatic rings. The lowest BCUT2D eigenvalue weighted by atomic mass is 10.00. The fourth-order valence-corrected chi connectivity index (χ4v) is 0.918. The average Bonchev–Trinajstić information content (AvgIpc) is 1.69. The van der Waals surface area contributed by atoms with Crippen molar-refractivity contribution >= 4 is 23.8 Å². The number of unbranched alkanes of at least 4 members (excludes halogenated alkanes) is 2. The summed E-state index contributed by atoms with van der Waals surface area (Å²) in [5.74, 6) is 0. The van der Waals surface area contributed by atoms with Crippen LogP contribution >= 0.6 is 15.9 Å². The molecule has 42 valence electrons. The number of alkyl halides is 1. The zero-order chi connectivity index (χ0) is 5.54. The van der Waals surface area contributed by atoms with E-state index in [1.54, 1.807) is 0 Å². The third-order valence-electron chi connectivity index (χ3n) is 0.987. The predicted molar refractivity (Wildman–Crippen MR) is 41.0 cm³/mol. The minimum Gasteiger partial charge on any atom is -0.0928 e. The van der Waals surface area contributed by atoms with Gasteiger partial charge in [0.2, 0.25) is 0 Å². The summed E-state index contributed by atoms with van der Waals surface area (Å²) < 4.78 is 0. The van der Waals surface area contributed by atoms with Crippen LogP contribution in [0, 0.1) is 0 Å². The Hall–Kier alpha value is 0.545. The highest BCUT2D eigenvalue weighted by molar-refractivity contribution is 9.09. The molecule has 0 aliphatic carbocycles. The second-order valence-electron chi connectivity index (χ2n) is 1.75. The first-order chi connectivity index (χ1) is 3.41. The first-order valence-electron chi connectivity index (χ1n) is 2.97. The molecule has 0 aliphatic heterocycles. The van der Waals surface area contributed by atoms with Gasteiger partial charge in [-0.1, -0.05) is 35.1 Å². The normalized spacial score (nSPS) is 9.29. The van der Waals surface area contributed by atoms with Crippen LogP contribution in [0.5, 0.6) is 0 Å². The summed E-state index contributed by atoms with van der Waals surface area (Å²) in [5.41, 5.74) is 0. The Morgan fingerprint density at radius 2 is 1.86 bits per heavy atom. The Morgan fingerprint density at radius 3 is 2.29 bits per heavy atom. The largest absolute Gasteiger partial charge is 0.101 e. The lowest BCUT2D eigenvalue weighted by Crippen LogP contribution is -1.75. The molecule has 0 spiro atoms. The van der Waals surface area contributed by atoms with Gasteiger partial charge in [0, 0.05) is 5.33 Å². The molecule has 0 atom stereocenters. The van der Waals surface area contributed by atoms with Crippen molar-refractivity contribution in [1.29, 1.82) is 0 Å². The third kappa shape index (κ3) is 6.54. The summed E-state index contributed by atoms with van der Waals surface area (Å²) in [6.45, 7) is 0. The van der Waals surface area contributed by atoms with Gasteiger partial charge in [0.15, 0.2) is 0 Å². The van der Waals surface area contributed by atoms with Crippen LogP contribution in [0.2, 0.25) is 6.32 Å². The number of halogens is 1. The Balaban J connectivity index is 2.45. The van der Waals surface area contributed by atoms with E-state index >= 15 is 0 Å². The molecule has 0 aliphatic rings. The Labute approximate surface area is 55.2 Å². The summed E-state index contributed by atoms with van der Waals surface area (Å²) in [4.78, 5) is 0. The van der Waals surface area contributed by atoms with Crippen LogP contribution in [0.3, 0.4) is 0 Å². The van der Waals surface area contributed by atoms with Crippen LogP contribution in [0.1, 0.15) is 19.3 Å². The van der Waals surface area contributed by atoms with E-state index in [4.69, 9.17) is 0 Å². The summed E-state index contributed by atoms with van der Waals surface area (Å²) in [7, 11) is 2.23. The Kier molecular flexibility index (Phi) is 7.05. The van der Waals surface area contributed by atoms with E-state index in [1.165, 1.54) is 30.9 Å². The van der Waals surface area contributed by atoms with Crippen molar-refractivity contribution in [3.05, 3.63) is 0 Å². The quantitative estimate of drug-likeness (QED) is 0.335. The zero-order valence-corrected chi connectivity index (χ0v) is 6.50. The van der Waals surface area contributed by atoms with E-state index in [1.807, 2.05) is 0 Å².